The van der Waals surface area contributed by atoms with E-state index in [2.05, 4.69) is 15.4 Å². The molecule has 0 spiro atoms. The summed E-state index contributed by atoms with van der Waals surface area (Å²) in [5, 5.41) is 14.4. The maximum Gasteiger partial charge on any atom is 0.323 e. The first-order chi connectivity index (χ1) is 8.54. The van der Waals surface area contributed by atoms with Crippen LogP contribution in [0.15, 0.2) is 0 Å². The molecule has 0 rings (SSSR count). The summed E-state index contributed by atoms with van der Waals surface area (Å²) in [5.41, 5.74) is 0. The first kappa shape index (κ1) is 16.9. The Hall–Kier alpha value is -1.14. The van der Waals surface area contributed by atoms with Crippen LogP contribution in [-0.4, -0.2) is 49.3 Å². The second-order valence-corrected chi connectivity index (χ2v) is 4.19. The van der Waals surface area contributed by atoms with Crippen LogP contribution in [0.25, 0.3) is 0 Å². The van der Waals surface area contributed by atoms with Crippen molar-refractivity contribution in [1.29, 1.82) is 0 Å². The highest BCUT2D eigenvalue weighted by atomic mass is 16.5. The van der Waals surface area contributed by atoms with Gasteiger partial charge in [-0.1, -0.05) is 6.92 Å². The Kier molecular flexibility index (Phi) is 9.22. The van der Waals surface area contributed by atoms with E-state index in [0.29, 0.717) is 13.0 Å². The molecule has 2 atom stereocenters. The Bertz CT molecular complexity index is 258. The summed E-state index contributed by atoms with van der Waals surface area (Å²) in [7, 11) is 1.29. The molecule has 0 saturated carbocycles. The highest BCUT2D eigenvalue weighted by molar-refractivity contribution is 5.85. The van der Waals surface area contributed by atoms with Gasteiger partial charge in [0.25, 0.3) is 0 Å². The van der Waals surface area contributed by atoms with Gasteiger partial charge in [-0.25, -0.2) is 0 Å². The predicted molar refractivity (Wildman–Crippen MR) is 68.0 cm³/mol. The Labute approximate surface area is 108 Å². The number of carbonyl (C=O) groups excluding carboxylic acids is 2. The summed E-state index contributed by atoms with van der Waals surface area (Å²) in [4.78, 5) is 23.1. The smallest absolute Gasteiger partial charge is 0.323 e. The molecule has 3 N–H and O–H groups in total. The van der Waals surface area contributed by atoms with Gasteiger partial charge >= 0.3 is 5.97 Å². The number of amides is 1. The minimum absolute atomic E-state index is 0.0416. The van der Waals surface area contributed by atoms with E-state index >= 15 is 0 Å². The molecule has 1 amide bonds. The van der Waals surface area contributed by atoms with E-state index in [0.717, 1.165) is 6.42 Å². The van der Waals surface area contributed by atoms with Gasteiger partial charge in [-0.05, 0) is 26.3 Å². The third-order valence-electron chi connectivity index (χ3n) is 2.62. The van der Waals surface area contributed by atoms with Crippen LogP contribution in [0.3, 0.4) is 0 Å². The molecule has 18 heavy (non-hydrogen) atoms. The molecule has 0 aromatic carbocycles. The number of ether oxygens (including phenoxy) is 1. The summed E-state index contributed by atoms with van der Waals surface area (Å²) < 4.78 is 4.63. The fourth-order valence-electron chi connectivity index (χ4n) is 1.36. The van der Waals surface area contributed by atoms with Crippen LogP contribution in [0, 0.1) is 0 Å². The quantitative estimate of drug-likeness (QED) is 0.395. The largest absolute Gasteiger partial charge is 0.468 e. The zero-order chi connectivity index (χ0) is 14.0. The summed E-state index contributed by atoms with van der Waals surface area (Å²) in [6.07, 6.45) is 1.41. The molecule has 0 radical (unpaired) electrons. The van der Waals surface area contributed by atoms with Crippen LogP contribution in [0.1, 0.15) is 33.1 Å². The second kappa shape index (κ2) is 9.85. The number of nitrogens with one attached hydrogen (secondary N) is 2. The van der Waals surface area contributed by atoms with Crippen molar-refractivity contribution in [2.24, 2.45) is 0 Å². The van der Waals surface area contributed by atoms with Crippen molar-refractivity contribution >= 4 is 11.9 Å². The molecule has 0 aromatic heterocycles. The Balaban J connectivity index is 4.22. The van der Waals surface area contributed by atoms with Gasteiger partial charge < -0.3 is 20.5 Å². The summed E-state index contributed by atoms with van der Waals surface area (Å²) in [5.74, 6) is -0.650. The SMILES string of the molecule is CCC(C)NC(=O)CC(NCCCO)C(=O)OC. The van der Waals surface area contributed by atoms with E-state index in [1.54, 1.807) is 0 Å². The Morgan fingerprint density at radius 3 is 2.56 bits per heavy atom. The average molecular weight is 260 g/mol. The molecule has 0 heterocycles. The summed E-state index contributed by atoms with van der Waals surface area (Å²) >= 11 is 0. The molecule has 0 aliphatic carbocycles. The molecule has 0 saturated heterocycles. The lowest BCUT2D eigenvalue weighted by molar-refractivity contribution is -0.145. The normalized spacial score (nSPS) is 13.8. The van der Waals surface area contributed by atoms with Gasteiger partial charge in [0, 0.05) is 12.6 Å². The highest BCUT2D eigenvalue weighted by Crippen LogP contribution is 1.98. The number of hydrogen-bond donors (Lipinski definition) is 3. The van der Waals surface area contributed by atoms with Gasteiger partial charge in [0.2, 0.25) is 5.91 Å². The lowest BCUT2D eigenvalue weighted by atomic mass is 10.1. The lowest BCUT2D eigenvalue weighted by Gasteiger charge is -2.17. The monoisotopic (exact) mass is 260 g/mol. The fraction of sp³-hybridized carbons (Fsp3) is 0.833. The molecule has 6 nitrogen and oxygen atoms in total. The second-order valence-electron chi connectivity index (χ2n) is 4.19. The first-order valence-corrected chi connectivity index (χ1v) is 6.26. The molecular weight excluding hydrogens is 236 g/mol. The van der Waals surface area contributed by atoms with E-state index in [1.807, 2.05) is 13.8 Å². The van der Waals surface area contributed by atoms with Crippen molar-refractivity contribution in [2.45, 2.75) is 45.2 Å². The number of rotatable bonds is 9. The van der Waals surface area contributed by atoms with Crippen LogP contribution >= 0.6 is 0 Å². The standard InChI is InChI=1S/C12H24N2O4/c1-4-9(2)14-11(16)8-10(12(17)18-3)13-6-5-7-15/h9-10,13,15H,4-8H2,1-3H3,(H,14,16). The number of esters is 1. The number of methoxy groups -OCH3 is 1. The molecule has 0 fully saturated rings. The van der Waals surface area contributed by atoms with Gasteiger partial charge in [0.15, 0.2) is 0 Å². The zero-order valence-electron chi connectivity index (χ0n) is 11.4. The van der Waals surface area contributed by atoms with Crippen LogP contribution in [0.4, 0.5) is 0 Å². The maximum atomic E-state index is 11.7. The molecule has 0 aliphatic heterocycles. The predicted octanol–water partition coefficient (Wildman–Crippen LogP) is -0.195. The molecule has 6 heteroatoms. The maximum absolute atomic E-state index is 11.7. The number of carbonyl (C=O) groups is 2. The van der Waals surface area contributed by atoms with Crippen LogP contribution in [0.5, 0.6) is 0 Å². The van der Waals surface area contributed by atoms with Crippen molar-refractivity contribution < 1.29 is 19.4 Å². The van der Waals surface area contributed by atoms with Crippen molar-refractivity contribution in [2.75, 3.05) is 20.3 Å². The Morgan fingerprint density at radius 2 is 2.06 bits per heavy atom. The van der Waals surface area contributed by atoms with Crippen LogP contribution in [-0.2, 0) is 14.3 Å². The number of aliphatic hydroxyl groups is 1. The van der Waals surface area contributed by atoms with E-state index in [9.17, 15) is 9.59 Å². The third kappa shape index (κ3) is 7.24. The van der Waals surface area contributed by atoms with Crippen molar-refractivity contribution in [3.63, 3.8) is 0 Å². The van der Waals surface area contributed by atoms with Crippen LogP contribution in [0.2, 0.25) is 0 Å². The van der Waals surface area contributed by atoms with Gasteiger partial charge in [-0.15, -0.1) is 0 Å². The zero-order valence-corrected chi connectivity index (χ0v) is 11.4. The van der Waals surface area contributed by atoms with Gasteiger partial charge in [-0.3, -0.25) is 9.59 Å². The topological polar surface area (TPSA) is 87.7 Å². The lowest BCUT2D eigenvalue weighted by Crippen LogP contribution is -2.44. The molecule has 106 valence electrons. The van der Waals surface area contributed by atoms with E-state index in [4.69, 9.17) is 5.11 Å². The Morgan fingerprint density at radius 1 is 1.39 bits per heavy atom. The van der Waals surface area contributed by atoms with Crippen LogP contribution < -0.4 is 10.6 Å². The van der Waals surface area contributed by atoms with Gasteiger partial charge in [0.1, 0.15) is 6.04 Å². The molecule has 0 bridgehead atoms. The van der Waals surface area contributed by atoms with E-state index in [1.165, 1.54) is 7.11 Å². The van der Waals surface area contributed by atoms with Crippen molar-refractivity contribution in [3.8, 4) is 0 Å². The van der Waals surface area contributed by atoms with Crippen molar-refractivity contribution in [3.05, 3.63) is 0 Å². The summed E-state index contributed by atoms with van der Waals surface area (Å²) in [6.45, 7) is 4.39. The minimum Gasteiger partial charge on any atom is -0.468 e. The molecule has 0 aromatic rings. The highest BCUT2D eigenvalue weighted by Gasteiger charge is 2.22. The number of aliphatic hydroxyl groups excluding tert-OH is 1. The van der Waals surface area contributed by atoms with Gasteiger partial charge in [-0.2, -0.15) is 0 Å². The van der Waals surface area contributed by atoms with E-state index < -0.39 is 12.0 Å². The average Bonchev–Trinajstić information content (AvgIpc) is 2.36. The van der Waals surface area contributed by atoms with E-state index in [-0.39, 0.29) is 25.0 Å². The van der Waals surface area contributed by atoms with Crippen molar-refractivity contribution in [1.82, 2.24) is 10.6 Å². The molecule has 2 unspecified atom stereocenters. The summed E-state index contributed by atoms with van der Waals surface area (Å²) in [6, 6.07) is -0.571. The molecule has 0 aliphatic rings. The molecular formula is C12H24N2O4. The third-order valence-corrected chi connectivity index (χ3v) is 2.62. The number of hydrogen-bond acceptors (Lipinski definition) is 5. The fourth-order valence-corrected chi connectivity index (χ4v) is 1.36. The first-order valence-electron chi connectivity index (χ1n) is 6.26. The minimum atomic E-state index is -0.661. The van der Waals surface area contributed by atoms with Gasteiger partial charge in [0.05, 0.1) is 13.5 Å².